The van der Waals surface area contributed by atoms with Crippen molar-refractivity contribution in [1.82, 2.24) is 10.2 Å². The number of rotatable bonds is 7. The SMILES string of the molecule is CCNCC1(CN(C)Cc2ccoc2C)CCC(C)CC1. The van der Waals surface area contributed by atoms with Crippen molar-refractivity contribution >= 4 is 0 Å². The minimum Gasteiger partial charge on any atom is -0.469 e. The fourth-order valence-electron chi connectivity index (χ4n) is 3.65. The maximum Gasteiger partial charge on any atom is 0.105 e. The molecule has 0 atom stereocenters. The lowest BCUT2D eigenvalue weighted by atomic mass is 9.70. The van der Waals surface area contributed by atoms with Crippen molar-refractivity contribution in [1.29, 1.82) is 0 Å². The Morgan fingerprint density at radius 2 is 2.10 bits per heavy atom. The molecule has 1 aromatic heterocycles. The molecular formula is C18H32N2O. The fraction of sp³-hybridized carbons (Fsp3) is 0.778. The van der Waals surface area contributed by atoms with Gasteiger partial charge in [0.1, 0.15) is 5.76 Å². The van der Waals surface area contributed by atoms with Gasteiger partial charge in [-0.25, -0.2) is 0 Å². The summed E-state index contributed by atoms with van der Waals surface area (Å²) in [7, 11) is 2.25. The average molecular weight is 292 g/mol. The third-order valence-electron chi connectivity index (χ3n) is 5.10. The third-order valence-corrected chi connectivity index (χ3v) is 5.10. The summed E-state index contributed by atoms with van der Waals surface area (Å²) in [6.07, 6.45) is 7.27. The first-order chi connectivity index (χ1) is 10.0. The van der Waals surface area contributed by atoms with Gasteiger partial charge < -0.3 is 14.6 Å². The summed E-state index contributed by atoms with van der Waals surface area (Å²) in [5, 5.41) is 3.60. The second-order valence-electron chi connectivity index (χ2n) is 7.14. The van der Waals surface area contributed by atoms with Gasteiger partial charge in [-0.05, 0) is 50.8 Å². The standard InChI is InChI=1S/C18H32N2O/c1-5-19-13-18(9-6-15(2)7-10-18)14-20(4)12-17-8-11-21-16(17)3/h8,11,15,19H,5-7,9-10,12-14H2,1-4H3. The highest BCUT2D eigenvalue weighted by molar-refractivity contribution is 5.15. The maximum atomic E-state index is 5.42. The van der Waals surface area contributed by atoms with Gasteiger partial charge in [0.15, 0.2) is 0 Å². The Balaban J connectivity index is 1.95. The molecule has 1 aliphatic carbocycles. The predicted molar refractivity (Wildman–Crippen MR) is 88.4 cm³/mol. The van der Waals surface area contributed by atoms with E-state index >= 15 is 0 Å². The molecule has 1 aliphatic rings. The number of aryl methyl sites for hydroxylation is 1. The second-order valence-corrected chi connectivity index (χ2v) is 7.14. The fourth-order valence-corrected chi connectivity index (χ4v) is 3.65. The van der Waals surface area contributed by atoms with Gasteiger partial charge in [0.2, 0.25) is 0 Å². The van der Waals surface area contributed by atoms with E-state index < -0.39 is 0 Å². The summed E-state index contributed by atoms with van der Waals surface area (Å²) in [6.45, 7) is 11.1. The molecule has 0 bridgehead atoms. The first-order valence-corrected chi connectivity index (χ1v) is 8.47. The predicted octanol–water partition coefficient (Wildman–Crippen LogP) is 3.83. The van der Waals surface area contributed by atoms with Crippen LogP contribution in [0.1, 0.15) is 50.9 Å². The lowest BCUT2D eigenvalue weighted by Crippen LogP contribution is -2.45. The van der Waals surface area contributed by atoms with Crippen LogP contribution in [0.2, 0.25) is 0 Å². The minimum atomic E-state index is 0.453. The highest BCUT2D eigenvalue weighted by Gasteiger charge is 2.34. The van der Waals surface area contributed by atoms with Crippen LogP contribution >= 0.6 is 0 Å². The van der Waals surface area contributed by atoms with Crippen LogP contribution in [0.4, 0.5) is 0 Å². The molecule has 0 saturated heterocycles. The Morgan fingerprint density at radius 1 is 1.38 bits per heavy atom. The smallest absolute Gasteiger partial charge is 0.105 e. The van der Waals surface area contributed by atoms with Gasteiger partial charge in [0.05, 0.1) is 6.26 Å². The topological polar surface area (TPSA) is 28.4 Å². The van der Waals surface area contributed by atoms with Crippen LogP contribution in [0.5, 0.6) is 0 Å². The van der Waals surface area contributed by atoms with E-state index in [1.807, 2.05) is 0 Å². The molecule has 0 amide bonds. The van der Waals surface area contributed by atoms with Gasteiger partial charge in [-0.2, -0.15) is 0 Å². The largest absolute Gasteiger partial charge is 0.469 e. The molecule has 3 nitrogen and oxygen atoms in total. The zero-order valence-corrected chi connectivity index (χ0v) is 14.2. The number of hydrogen-bond acceptors (Lipinski definition) is 3. The summed E-state index contributed by atoms with van der Waals surface area (Å²) < 4.78 is 5.42. The zero-order chi connectivity index (χ0) is 15.3. The summed E-state index contributed by atoms with van der Waals surface area (Å²) in [5.74, 6) is 1.96. The van der Waals surface area contributed by atoms with E-state index in [4.69, 9.17) is 4.42 Å². The van der Waals surface area contributed by atoms with E-state index in [1.54, 1.807) is 6.26 Å². The lowest BCUT2D eigenvalue weighted by Gasteiger charge is -2.42. The van der Waals surface area contributed by atoms with E-state index in [0.717, 1.165) is 31.3 Å². The molecule has 0 radical (unpaired) electrons. The molecule has 1 fully saturated rings. The highest BCUT2D eigenvalue weighted by atomic mass is 16.3. The number of nitrogens with zero attached hydrogens (tertiary/aromatic N) is 1. The second kappa shape index (κ2) is 7.46. The molecule has 1 aromatic rings. The van der Waals surface area contributed by atoms with Crippen LogP contribution in [-0.2, 0) is 6.54 Å². The number of hydrogen-bond donors (Lipinski definition) is 1. The van der Waals surface area contributed by atoms with E-state index in [2.05, 4.69) is 44.1 Å². The highest BCUT2D eigenvalue weighted by Crippen LogP contribution is 2.39. The van der Waals surface area contributed by atoms with Gasteiger partial charge in [0.25, 0.3) is 0 Å². The van der Waals surface area contributed by atoms with E-state index in [9.17, 15) is 0 Å². The van der Waals surface area contributed by atoms with Crippen molar-refractivity contribution in [2.75, 3.05) is 26.7 Å². The molecule has 1 heterocycles. The molecule has 0 spiro atoms. The normalized spacial score (nSPS) is 26.4. The Hall–Kier alpha value is -0.800. The molecule has 0 unspecified atom stereocenters. The molecule has 1 saturated carbocycles. The first kappa shape index (κ1) is 16.6. The zero-order valence-electron chi connectivity index (χ0n) is 14.2. The monoisotopic (exact) mass is 292 g/mol. The minimum absolute atomic E-state index is 0.453. The van der Waals surface area contributed by atoms with Crippen LogP contribution in [0.25, 0.3) is 0 Å². The van der Waals surface area contributed by atoms with Gasteiger partial charge in [0, 0.05) is 25.2 Å². The van der Waals surface area contributed by atoms with Gasteiger partial charge >= 0.3 is 0 Å². The van der Waals surface area contributed by atoms with Crippen LogP contribution in [-0.4, -0.2) is 31.6 Å². The summed E-state index contributed by atoms with van der Waals surface area (Å²) >= 11 is 0. The van der Waals surface area contributed by atoms with Crippen molar-refractivity contribution < 1.29 is 4.42 Å². The Bertz CT molecular complexity index is 413. The Kier molecular flexibility index (Phi) is 5.88. The summed E-state index contributed by atoms with van der Waals surface area (Å²) in [6, 6.07) is 2.10. The van der Waals surface area contributed by atoms with Crippen LogP contribution in [0, 0.1) is 18.3 Å². The quantitative estimate of drug-likeness (QED) is 0.828. The molecule has 2 rings (SSSR count). The first-order valence-electron chi connectivity index (χ1n) is 8.47. The van der Waals surface area contributed by atoms with Crippen molar-refractivity contribution in [2.45, 2.75) is 53.0 Å². The average Bonchev–Trinajstić information content (AvgIpc) is 2.85. The molecule has 1 N–H and O–H groups in total. The van der Waals surface area contributed by atoms with Gasteiger partial charge in [-0.1, -0.05) is 26.7 Å². The van der Waals surface area contributed by atoms with Gasteiger partial charge in [-0.3, -0.25) is 0 Å². The Morgan fingerprint density at radius 3 is 2.67 bits per heavy atom. The van der Waals surface area contributed by atoms with E-state index in [0.29, 0.717) is 5.41 Å². The molecule has 120 valence electrons. The molecular weight excluding hydrogens is 260 g/mol. The van der Waals surface area contributed by atoms with Crippen LogP contribution in [0.15, 0.2) is 16.7 Å². The summed E-state index contributed by atoms with van der Waals surface area (Å²) in [5.41, 5.74) is 1.77. The Labute approximate surface area is 130 Å². The van der Waals surface area contributed by atoms with Crippen molar-refractivity contribution in [3.8, 4) is 0 Å². The van der Waals surface area contributed by atoms with Crippen LogP contribution in [0.3, 0.4) is 0 Å². The molecule has 0 aromatic carbocycles. The molecule has 3 heteroatoms. The van der Waals surface area contributed by atoms with Crippen LogP contribution < -0.4 is 5.32 Å². The van der Waals surface area contributed by atoms with E-state index in [-0.39, 0.29) is 0 Å². The third kappa shape index (κ3) is 4.58. The maximum absolute atomic E-state index is 5.42. The van der Waals surface area contributed by atoms with E-state index in [1.165, 1.54) is 37.8 Å². The van der Waals surface area contributed by atoms with Crippen molar-refractivity contribution in [3.63, 3.8) is 0 Å². The molecule has 21 heavy (non-hydrogen) atoms. The number of nitrogens with one attached hydrogen (secondary N) is 1. The van der Waals surface area contributed by atoms with Crippen molar-refractivity contribution in [2.24, 2.45) is 11.3 Å². The molecule has 0 aliphatic heterocycles. The lowest BCUT2D eigenvalue weighted by molar-refractivity contribution is 0.0962. The summed E-state index contributed by atoms with van der Waals surface area (Å²) in [4.78, 5) is 2.48. The van der Waals surface area contributed by atoms with Crippen molar-refractivity contribution in [3.05, 3.63) is 23.7 Å². The van der Waals surface area contributed by atoms with Gasteiger partial charge in [-0.15, -0.1) is 0 Å². The number of furan rings is 1.